The van der Waals surface area contributed by atoms with Gasteiger partial charge in [0.1, 0.15) is 0 Å². The number of nitrogens with one attached hydrogen (secondary N) is 2. The molecule has 0 bridgehead atoms. The summed E-state index contributed by atoms with van der Waals surface area (Å²) in [6, 6.07) is 4.60. The van der Waals surface area contributed by atoms with E-state index >= 15 is 0 Å². The first kappa shape index (κ1) is 18.9. The Labute approximate surface area is 126 Å². The van der Waals surface area contributed by atoms with E-state index in [9.17, 15) is 13.2 Å². The van der Waals surface area contributed by atoms with Crippen LogP contribution in [0.5, 0.6) is 0 Å². The predicted molar refractivity (Wildman–Crippen MR) is 82.4 cm³/mol. The first-order valence-electron chi connectivity index (χ1n) is 6.09. The fourth-order valence-corrected chi connectivity index (χ4v) is 2.29. The van der Waals surface area contributed by atoms with E-state index in [-0.39, 0.29) is 23.2 Å². The van der Waals surface area contributed by atoms with Crippen LogP contribution >= 0.6 is 12.4 Å². The molecule has 1 amide bonds. The zero-order valence-electron chi connectivity index (χ0n) is 11.9. The van der Waals surface area contributed by atoms with E-state index in [1.807, 2.05) is 7.05 Å². The summed E-state index contributed by atoms with van der Waals surface area (Å²) in [5.41, 5.74) is 1.17. The smallest absolute Gasteiger partial charge is 0.251 e. The number of rotatable bonds is 6. The molecule has 0 aliphatic heterocycles. The highest BCUT2D eigenvalue weighted by Crippen LogP contribution is 2.15. The maximum Gasteiger partial charge on any atom is 0.251 e. The number of carbonyl (C=O) groups excluding carboxylic acids is 1. The van der Waals surface area contributed by atoms with Crippen LogP contribution in [0, 0.1) is 6.92 Å². The lowest BCUT2D eigenvalue weighted by Crippen LogP contribution is -2.27. The topological polar surface area (TPSA) is 75.3 Å². The van der Waals surface area contributed by atoms with Gasteiger partial charge in [-0.15, -0.1) is 12.4 Å². The number of carbonyl (C=O) groups is 1. The molecule has 1 aromatic carbocycles. The summed E-state index contributed by atoms with van der Waals surface area (Å²) in [5, 5.41) is 5.77. The van der Waals surface area contributed by atoms with Crippen LogP contribution in [0.2, 0.25) is 0 Å². The van der Waals surface area contributed by atoms with E-state index in [0.717, 1.165) is 24.8 Å². The van der Waals surface area contributed by atoms with Crippen molar-refractivity contribution in [3.63, 3.8) is 0 Å². The molecule has 0 aliphatic carbocycles. The van der Waals surface area contributed by atoms with Crippen molar-refractivity contribution in [2.24, 2.45) is 0 Å². The van der Waals surface area contributed by atoms with Crippen molar-refractivity contribution in [3.05, 3.63) is 29.3 Å². The molecule has 2 N–H and O–H groups in total. The van der Waals surface area contributed by atoms with Crippen LogP contribution in [0.1, 0.15) is 22.3 Å². The van der Waals surface area contributed by atoms with Crippen molar-refractivity contribution < 1.29 is 13.2 Å². The Morgan fingerprint density at radius 3 is 2.45 bits per heavy atom. The van der Waals surface area contributed by atoms with Gasteiger partial charge in [0.25, 0.3) is 5.91 Å². The van der Waals surface area contributed by atoms with E-state index in [1.54, 1.807) is 13.0 Å². The lowest BCUT2D eigenvalue weighted by atomic mass is 10.1. The molecule has 0 fully saturated rings. The van der Waals surface area contributed by atoms with E-state index < -0.39 is 9.84 Å². The van der Waals surface area contributed by atoms with Gasteiger partial charge in [-0.3, -0.25) is 4.79 Å². The van der Waals surface area contributed by atoms with Crippen LogP contribution in [0.25, 0.3) is 0 Å². The van der Waals surface area contributed by atoms with Crippen molar-refractivity contribution in [3.8, 4) is 0 Å². The largest absolute Gasteiger partial charge is 0.352 e. The average molecular weight is 321 g/mol. The van der Waals surface area contributed by atoms with Gasteiger partial charge in [0.05, 0.1) is 4.90 Å². The molecule has 0 aliphatic rings. The van der Waals surface area contributed by atoms with Gasteiger partial charge in [-0.1, -0.05) is 6.07 Å². The second-order valence-electron chi connectivity index (χ2n) is 4.46. The van der Waals surface area contributed by atoms with E-state index in [4.69, 9.17) is 0 Å². The minimum absolute atomic E-state index is 0. The molecule has 20 heavy (non-hydrogen) atoms. The minimum Gasteiger partial charge on any atom is -0.352 e. The number of hydrogen-bond donors (Lipinski definition) is 2. The summed E-state index contributed by atoms with van der Waals surface area (Å²) in [6.07, 6.45) is 1.96. The summed E-state index contributed by atoms with van der Waals surface area (Å²) in [6.45, 7) is 3.17. The molecule has 114 valence electrons. The fourth-order valence-electron chi connectivity index (χ4n) is 1.64. The monoisotopic (exact) mass is 320 g/mol. The second kappa shape index (κ2) is 8.24. The molecule has 0 atom stereocenters. The zero-order valence-corrected chi connectivity index (χ0v) is 13.5. The van der Waals surface area contributed by atoms with Gasteiger partial charge in [-0.2, -0.15) is 0 Å². The number of sulfone groups is 1. The summed E-state index contributed by atoms with van der Waals surface area (Å²) >= 11 is 0. The molecule has 0 heterocycles. The SMILES string of the molecule is CNCCCNC(=O)c1cc(S(C)(=O)=O)ccc1C.Cl. The Morgan fingerprint density at radius 1 is 1.25 bits per heavy atom. The van der Waals surface area contributed by atoms with Crippen LogP contribution < -0.4 is 10.6 Å². The van der Waals surface area contributed by atoms with Crippen molar-refractivity contribution in [2.75, 3.05) is 26.4 Å². The van der Waals surface area contributed by atoms with Gasteiger partial charge in [-0.25, -0.2) is 8.42 Å². The van der Waals surface area contributed by atoms with E-state index in [2.05, 4.69) is 10.6 Å². The Hall–Kier alpha value is -1.11. The Morgan fingerprint density at radius 2 is 1.90 bits per heavy atom. The third-order valence-corrected chi connectivity index (χ3v) is 3.88. The Balaban J connectivity index is 0.00000361. The molecule has 1 rings (SSSR count). The molecular formula is C13H21ClN2O3S. The number of aryl methyl sites for hydroxylation is 1. The number of halogens is 1. The fraction of sp³-hybridized carbons (Fsp3) is 0.462. The van der Waals surface area contributed by atoms with Crippen molar-refractivity contribution in [1.29, 1.82) is 0 Å². The normalized spacial score (nSPS) is 10.8. The summed E-state index contributed by atoms with van der Waals surface area (Å²) < 4.78 is 23.0. The van der Waals surface area contributed by atoms with Crippen LogP contribution in [-0.4, -0.2) is 40.7 Å². The van der Waals surface area contributed by atoms with E-state index in [0.29, 0.717) is 12.1 Å². The molecule has 0 spiro atoms. The Bertz CT molecular complexity index is 559. The maximum absolute atomic E-state index is 12.0. The minimum atomic E-state index is -3.29. The van der Waals surface area contributed by atoms with Crippen LogP contribution in [0.4, 0.5) is 0 Å². The third-order valence-electron chi connectivity index (χ3n) is 2.77. The molecule has 0 unspecified atom stereocenters. The lowest BCUT2D eigenvalue weighted by molar-refractivity contribution is 0.0952. The molecule has 7 heteroatoms. The standard InChI is InChI=1S/C13H20N2O3S.ClH/c1-10-5-6-11(19(3,17)18)9-12(10)13(16)15-8-4-7-14-2;/h5-6,9,14H,4,7-8H2,1-3H3,(H,15,16);1H. The first-order valence-corrected chi connectivity index (χ1v) is 7.99. The molecule has 0 saturated heterocycles. The van der Waals surface area contributed by atoms with Gasteiger partial charge in [0, 0.05) is 18.4 Å². The molecule has 5 nitrogen and oxygen atoms in total. The number of amides is 1. The van der Waals surface area contributed by atoms with Gasteiger partial charge in [0.15, 0.2) is 9.84 Å². The predicted octanol–water partition coefficient (Wildman–Crippen LogP) is 1.16. The Kier molecular flexibility index (Phi) is 7.78. The highest BCUT2D eigenvalue weighted by molar-refractivity contribution is 7.90. The van der Waals surface area contributed by atoms with Gasteiger partial charge in [-0.05, 0) is 44.6 Å². The molecule has 0 aromatic heterocycles. The van der Waals surface area contributed by atoms with Gasteiger partial charge < -0.3 is 10.6 Å². The number of benzene rings is 1. The summed E-state index contributed by atoms with van der Waals surface area (Å²) in [5.74, 6) is -0.237. The van der Waals surface area contributed by atoms with Crippen LogP contribution in [0.15, 0.2) is 23.1 Å². The molecule has 0 radical (unpaired) electrons. The van der Waals surface area contributed by atoms with Crippen LogP contribution in [-0.2, 0) is 9.84 Å². The summed E-state index contributed by atoms with van der Waals surface area (Å²) in [7, 11) is -1.45. The highest BCUT2D eigenvalue weighted by atomic mass is 35.5. The van der Waals surface area contributed by atoms with Gasteiger partial charge in [0.2, 0.25) is 0 Å². The first-order chi connectivity index (χ1) is 8.86. The average Bonchev–Trinajstić information content (AvgIpc) is 2.33. The highest BCUT2D eigenvalue weighted by Gasteiger charge is 2.13. The number of hydrogen-bond acceptors (Lipinski definition) is 4. The van der Waals surface area contributed by atoms with Crippen LogP contribution in [0.3, 0.4) is 0 Å². The van der Waals surface area contributed by atoms with Crippen molar-refractivity contribution >= 4 is 28.2 Å². The molecular weight excluding hydrogens is 300 g/mol. The summed E-state index contributed by atoms with van der Waals surface area (Å²) in [4.78, 5) is 12.1. The van der Waals surface area contributed by atoms with E-state index in [1.165, 1.54) is 12.1 Å². The van der Waals surface area contributed by atoms with Gasteiger partial charge >= 0.3 is 0 Å². The molecule has 1 aromatic rings. The zero-order chi connectivity index (χ0) is 14.5. The van der Waals surface area contributed by atoms with Crippen molar-refractivity contribution in [1.82, 2.24) is 10.6 Å². The van der Waals surface area contributed by atoms with Crippen molar-refractivity contribution in [2.45, 2.75) is 18.2 Å². The second-order valence-corrected chi connectivity index (χ2v) is 6.48. The lowest BCUT2D eigenvalue weighted by Gasteiger charge is -2.09. The molecule has 0 saturated carbocycles. The third kappa shape index (κ3) is 5.48. The quantitative estimate of drug-likeness (QED) is 0.771. The maximum atomic E-state index is 12.0.